The third-order valence-corrected chi connectivity index (χ3v) is 3.19. The van der Waals surface area contributed by atoms with E-state index in [4.69, 9.17) is 10.8 Å². The van der Waals surface area contributed by atoms with Crippen LogP contribution in [0.15, 0.2) is 0 Å². The molecule has 0 aromatic rings. The molecule has 0 rings (SSSR count). The van der Waals surface area contributed by atoms with Crippen LogP contribution in [0.3, 0.4) is 0 Å². The fourth-order valence-electron chi connectivity index (χ4n) is 1.42. The molecule has 18 heavy (non-hydrogen) atoms. The van der Waals surface area contributed by atoms with Crippen molar-refractivity contribution in [3.8, 4) is 0 Å². The molecular formula is C14H31NO3. The van der Waals surface area contributed by atoms with Crippen molar-refractivity contribution in [3.63, 3.8) is 0 Å². The van der Waals surface area contributed by atoms with E-state index in [1.165, 1.54) is 19.3 Å². The van der Waals surface area contributed by atoms with E-state index >= 15 is 0 Å². The van der Waals surface area contributed by atoms with Gasteiger partial charge in [-0.05, 0) is 19.3 Å². The molecule has 110 valence electrons. The number of aliphatic carboxylic acids is 1. The average Bonchev–Trinajstić information content (AvgIpc) is 2.38. The number of nitrogens with two attached hydrogens (primary N) is 1. The summed E-state index contributed by atoms with van der Waals surface area (Å²) in [7, 11) is 0. The van der Waals surface area contributed by atoms with Crippen molar-refractivity contribution >= 4 is 5.97 Å². The zero-order valence-electron chi connectivity index (χ0n) is 12.2. The summed E-state index contributed by atoms with van der Waals surface area (Å²) in [5.41, 5.74) is 4.68. The normalized spacial score (nSPS) is 10.7. The largest absolute Gasteiger partial charge is 0.481 e. The lowest BCUT2D eigenvalue weighted by atomic mass is 9.98. The molecule has 0 radical (unpaired) electrons. The maximum absolute atomic E-state index is 10.0. The fraction of sp³-hybridized carbons (Fsp3) is 0.929. The second-order valence-corrected chi connectivity index (χ2v) is 4.69. The van der Waals surface area contributed by atoms with Crippen LogP contribution in [-0.2, 0) is 4.79 Å². The summed E-state index contributed by atoms with van der Waals surface area (Å²) < 4.78 is 0. The van der Waals surface area contributed by atoms with E-state index in [1.54, 1.807) is 0 Å². The molecular weight excluding hydrogens is 230 g/mol. The van der Waals surface area contributed by atoms with Gasteiger partial charge in [-0.15, -0.1) is 0 Å². The molecule has 0 aromatic heterocycles. The first kappa shape index (κ1) is 19.7. The van der Waals surface area contributed by atoms with E-state index in [0.29, 0.717) is 13.0 Å². The van der Waals surface area contributed by atoms with Gasteiger partial charge in [-0.25, -0.2) is 0 Å². The van der Waals surface area contributed by atoms with Crippen LogP contribution in [0.2, 0.25) is 0 Å². The first-order valence-corrected chi connectivity index (χ1v) is 7.10. The van der Waals surface area contributed by atoms with Gasteiger partial charge >= 0.3 is 5.97 Å². The third-order valence-electron chi connectivity index (χ3n) is 3.19. The first-order valence-electron chi connectivity index (χ1n) is 7.10. The van der Waals surface area contributed by atoms with Crippen LogP contribution in [0.4, 0.5) is 0 Å². The van der Waals surface area contributed by atoms with E-state index in [2.05, 4.69) is 6.92 Å². The van der Waals surface area contributed by atoms with Gasteiger partial charge in [-0.2, -0.15) is 0 Å². The Morgan fingerprint density at radius 1 is 1.06 bits per heavy atom. The van der Waals surface area contributed by atoms with Gasteiger partial charge in [-0.1, -0.05) is 46.5 Å². The molecule has 4 N–H and O–H groups in total. The highest BCUT2D eigenvalue weighted by Crippen LogP contribution is 2.10. The zero-order chi connectivity index (χ0) is 14.4. The molecule has 4 heteroatoms. The SMILES string of the molecule is CCC(O)(CC)CN.CCCCCCCC(=O)O. The summed E-state index contributed by atoms with van der Waals surface area (Å²) in [4.78, 5) is 10.0. The van der Waals surface area contributed by atoms with Crippen LogP contribution in [0, 0.1) is 0 Å². The lowest BCUT2D eigenvalue weighted by Gasteiger charge is -2.21. The van der Waals surface area contributed by atoms with Crippen molar-refractivity contribution < 1.29 is 15.0 Å². The summed E-state index contributed by atoms with van der Waals surface area (Å²) in [6.45, 7) is 6.41. The number of carboxylic acids is 1. The number of carboxylic acid groups (broad SMARTS) is 1. The topological polar surface area (TPSA) is 83.5 Å². The van der Waals surface area contributed by atoms with Gasteiger partial charge in [0, 0.05) is 13.0 Å². The van der Waals surface area contributed by atoms with Gasteiger partial charge in [0.1, 0.15) is 0 Å². The number of aliphatic hydroxyl groups is 1. The van der Waals surface area contributed by atoms with Crippen LogP contribution in [0.1, 0.15) is 72.1 Å². The van der Waals surface area contributed by atoms with Gasteiger partial charge in [0.05, 0.1) is 5.60 Å². The highest BCUT2D eigenvalue weighted by molar-refractivity contribution is 5.66. The minimum atomic E-state index is -0.670. The molecule has 0 atom stereocenters. The van der Waals surface area contributed by atoms with Crippen LogP contribution < -0.4 is 5.73 Å². The molecule has 0 saturated carbocycles. The second kappa shape index (κ2) is 12.8. The maximum Gasteiger partial charge on any atom is 0.303 e. The standard InChI is InChI=1S/C8H16O2.C6H15NO/c1-2-3-4-5-6-7-8(9)10;1-3-6(8,4-2)5-7/h2-7H2,1H3,(H,9,10);8H,3-5,7H2,1-2H3. The summed E-state index contributed by atoms with van der Waals surface area (Å²) in [6, 6.07) is 0. The van der Waals surface area contributed by atoms with Crippen molar-refractivity contribution in [1.29, 1.82) is 0 Å². The Morgan fingerprint density at radius 3 is 1.83 bits per heavy atom. The van der Waals surface area contributed by atoms with Gasteiger partial charge < -0.3 is 15.9 Å². The number of rotatable bonds is 9. The summed E-state index contributed by atoms with van der Waals surface area (Å²) in [5.74, 6) is -0.670. The Balaban J connectivity index is 0. The lowest BCUT2D eigenvalue weighted by Crippen LogP contribution is -2.35. The number of carbonyl (C=O) groups is 1. The Kier molecular flexibility index (Phi) is 14.1. The predicted molar refractivity (Wildman–Crippen MR) is 75.6 cm³/mol. The molecule has 0 unspecified atom stereocenters. The molecule has 0 amide bonds. The number of hydrogen-bond acceptors (Lipinski definition) is 3. The van der Waals surface area contributed by atoms with E-state index in [-0.39, 0.29) is 0 Å². The minimum absolute atomic E-state index is 0.337. The van der Waals surface area contributed by atoms with E-state index in [0.717, 1.165) is 25.7 Å². The number of hydrogen-bond donors (Lipinski definition) is 3. The Hall–Kier alpha value is -0.610. The molecule has 0 aliphatic heterocycles. The fourth-order valence-corrected chi connectivity index (χ4v) is 1.42. The third kappa shape index (κ3) is 13.5. The Morgan fingerprint density at radius 2 is 1.56 bits per heavy atom. The maximum atomic E-state index is 10.0. The second-order valence-electron chi connectivity index (χ2n) is 4.69. The van der Waals surface area contributed by atoms with Crippen LogP contribution in [-0.4, -0.2) is 28.3 Å². The molecule has 0 saturated heterocycles. The van der Waals surface area contributed by atoms with Crippen LogP contribution in [0.25, 0.3) is 0 Å². The van der Waals surface area contributed by atoms with Crippen molar-refractivity contribution in [2.75, 3.05) is 6.54 Å². The van der Waals surface area contributed by atoms with Crippen LogP contribution >= 0.6 is 0 Å². The molecule has 4 nitrogen and oxygen atoms in total. The summed E-state index contributed by atoms with van der Waals surface area (Å²) >= 11 is 0. The van der Waals surface area contributed by atoms with Gasteiger partial charge in [0.25, 0.3) is 0 Å². The van der Waals surface area contributed by atoms with Gasteiger partial charge in [0.15, 0.2) is 0 Å². The quantitative estimate of drug-likeness (QED) is 0.557. The molecule has 0 spiro atoms. The van der Waals surface area contributed by atoms with Crippen molar-refractivity contribution in [1.82, 2.24) is 0 Å². The van der Waals surface area contributed by atoms with E-state index in [9.17, 15) is 9.90 Å². The average molecular weight is 261 g/mol. The molecule has 0 aliphatic rings. The van der Waals surface area contributed by atoms with Crippen molar-refractivity contribution in [2.24, 2.45) is 5.73 Å². The minimum Gasteiger partial charge on any atom is -0.481 e. The molecule has 0 aliphatic carbocycles. The highest BCUT2D eigenvalue weighted by atomic mass is 16.4. The Bertz CT molecular complexity index is 183. The van der Waals surface area contributed by atoms with Gasteiger partial charge in [-0.3, -0.25) is 4.79 Å². The van der Waals surface area contributed by atoms with E-state index < -0.39 is 11.6 Å². The Labute approximate surface area is 112 Å². The first-order chi connectivity index (χ1) is 8.45. The molecule has 0 heterocycles. The molecule has 0 fully saturated rings. The molecule has 0 bridgehead atoms. The predicted octanol–water partition coefficient (Wildman–Crippen LogP) is 2.93. The summed E-state index contributed by atoms with van der Waals surface area (Å²) in [6.07, 6.45) is 7.38. The monoisotopic (exact) mass is 261 g/mol. The van der Waals surface area contributed by atoms with Crippen LogP contribution in [0.5, 0.6) is 0 Å². The summed E-state index contributed by atoms with van der Waals surface area (Å²) in [5, 5.41) is 17.6. The smallest absolute Gasteiger partial charge is 0.303 e. The highest BCUT2D eigenvalue weighted by Gasteiger charge is 2.18. The number of unbranched alkanes of at least 4 members (excludes halogenated alkanes) is 4. The van der Waals surface area contributed by atoms with E-state index in [1.807, 2.05) is 13.8 Å². The van der Waals surface area contributed by atoms with Crippen molar-refractivity contribution in [2.45, 2.75) is 77.7 Å². The zero-order valence-corrected chi connectivity index (χ0v) is 12.2. The van der Waals surface area contributed by atoms with Crippen molar-refractivity contribution in [3.05, 3.63) is 0 Å². The molecule has 0 aromatic carbocycles. The van der Waals surface area contributed by atoms with Gasteiger partial charge in [0.2, 0.25) is 0 Å². The lowest BCUT2D eigenvalue weighted by molar-refractivity contribution is -0.137.